The maximum atomic E-state index is 13.6. The van der Waals surface area contributed by atoms with Gasteiger partial charge in [0, 0.05) is 18.7 Å². The molecular weight excluding hydrogens is 319 g/mol. The van der Waals surface area contributed by atoms with Crippen molar-refractivity contribution in [2.24, 2.45) is 4.99 Å². The number of phenols is 1. The fourth-order valence-corrected chi connectivity index (χ4v) is 2.02. The van der Waals surface area contributed by atoms with E-state index in [1.165, 1.54) is 12.1 Å². The number of guanidine groups is 1. The molecule has 0 aliphatic rings. The Morgan fingerprint density at radius 1 is 1.04 bits per heavy atom. The molecule has 0 radical (unpaired) electrons. The van der Waals surface area contributed by atoms with Gasteiger partial charge in [-0.3, -0.25) is 0 Å². The summed E-state index contributed by atoms with van der Waals surface area (Å²) in [6.45, 7) is 2.65. The maximum absolute atomic E-state index is 13.6. The minimum absolute atomic E-state index is 0.0549. The van der Waals surface area contributed by atoms with Crippen LogP contribution >= 0.6 is 0 Å². The summed E-state index contributed by atoms with van der Waals surface area (Å²) in [5.41, 5.74) is 0.746. The molecule has 0 heterocycles. The molecule has 4 nitrogen and oxygen atoms in total. The van der Waals surface area contributed by atoms with Crippen molar-refractivity contribution in [1.82, 2.24) is 10.6 Å². The van der Waals surface area contributed by atoms with Gasteiger partial charge in [0.1, 0.15) is 11.6 Å². The minimum atomic E-state index is -0.720. The molecule has 0 saturated carbocycles. The number of rotatable bonds is 5. The average Bonchev–Trinajstić information content (AvgIpc) is 2.56. The Kier molecular flexibility index (Phi) is 6.06. The van der Waals surface area contributed by atoms with Crippen LogP contribution in [0.25, 0.3) is 0 Å². The highest BCUT2D eigenvalue weighted by Crippen LogP contribution is 2.16. The molecule has 0 aliphatic carbocycles. The van der Waals surface area contributed by atoms with Gasteiger partial charge in [-0.05, 0) is 42.8 Å². The average molecular weight is 337 g/mol. The van der Waals surface area contributed by atoms with Crippen LogP contribution in [0.5, 0.6) is 5.75 Å². The first-order valence-corrected chi connectivity index (χ1v) is 7.43. The van der Waals surface area contributed by atoms with Gasteiger partial charge in [-0.1, -0.05) is 6.07 Å². The van der Waals surface area contributed by atoms with Crippen LogP contribution in [0.2, 0.25) is 0 Å². The van der Waals surface area contributed by atoms with E-state index in [9.17, 15) is 13.2 Å². The van der Waals surface area contributed by atoms with Crippen LogP contribution in [-0.4, -0.2) is 17.6 Å². The van der Waals surface area contributed by atoms with E-state index in [1.807, 2.05) is 6.92 Å². The van der Waals surface area contributed by atoms with Crippen LogP contribution in [0.1, 0.15) is 18.1 Å². The van der Waals surface area contributed by atoms with Crippen LogP contribution in [0.4, 0.5) is 13.2 Å². The van der Waals surface area contributed by atoms with Crippen molar-refractivity contribution in [3.05, 3.63) is 65.0 Å². The van der Waals surface area contributed by atoms with E-state index in [-0.39, 0.29) is 18.7 Å². The number of hydrogen-bond acceptors (Lipinski definition) is 2. The Morgan fingerprint density at radius 2 is 1.83 bits per heavy atom. The third kappa shape index (κ3) is 4.91. The van der Waals surface area contributed by atoms with E-state index in [4.69, 9.17) is 5.11 Å². The molecule has 0 atom stereocenters. The van der Waals surface area contributed by atoms with E-state index < -0.39 is 23.2 Å². The molecule has 128 valence electrons. The van der Waals surface area contributed by atoms with Gasteiger partial charge in [0.05, 0.1) is 6.54 Å². The number of aromatic hydroxyl groups is 1. The first kappa shape index (κ1) is 17.7. The van der Waals surface area contributed by atoms with Crippen molar-refractivity contribution < 1.29 is 18.3 Å². The third-order valence-electron chi connectivity index (χ3n) is 3.23. The molecule has 0 unspecified atom stereocenters. The highest BCUT2D eigenvalue weighted by Gasteiger charge is 2.06. The number of aliphatic imine (C=N–C) groups is 1. The Balaban J connectivity index is 2.05. The van der Waals surface area contributed by atoms with E-state index in [0.717, 1.165) is 18.2 Å². The van der Waals surface area contributed by atoms with E-state index >= 15 is 0 Å². The number of benzene rings is 2. The topological polar surface area (TPSA) is 56.7 Å². The summed E-state index contributed by atoms with van der Waals surface area (Å²) in [4.78, 5) is 4.25. The van der Waals surface area contributed by atoms with Crippen LogP contribution in [0, 0.1) is 17.5 Å². The number of nitrogens with one attached hydrogen (secondary N) is 2. The zero-order chi connectivity index (χ0) is 17.5. The molecule has 0 bridgehead atoms. The SMILES string of the molecule is CCNC(=NCc1ccc(O)c(F)c1)NCc1cc(F)ccc1F. The van der Waals surface area contributed by atoms with E-state index in [2.05, 4.69) is 15.6 Å². The van der Waals surface area contributed by atoms with Gasteiger partial charge in [0.25, 0.3) is 0 Å². The molecule has 0 aliphatic heterocycles. The summed E-state index contributed by atoms with van der Waals surface area (Å²) >= 11 is 0. The van der Waals surface area contributed by atoms with Crippen molar-refractivity contribution >= 4 is 5.96 Å². The second-order valence-corrected chi connectivity index (χ2v) is 5.07. The third-order valence-corrected chi connectivity index (χ3v) is 3.23. The van der Waals surface area contributed by atoms with Crippen molar-refractivity contribution in [3.8, 4) is 5.75 Å². The van der Waals surface area contributed by atoms with Gasteiger partial charge < -0.3 is 15.7 Å². The van der Waals surface area contributed by atoms with Crippen LogP contribution in [0.3, 0.4) is 0 Å². The molecule has 2 aromatic rings. The lowest BCUT2D eigenvalue weighted by Crippen LogP contribution is -2.37. The first-order valence-electron chi connectivity index (χ1n) is 7.43. The quantitative estimate of drug-likeness (QED) is 0.581. The Hall–Kier alpha value is -2.70. The zero-order valence-electron chi connectivity index (χ0n) is 13.1. The zero-order valence-corrected chi connectivity index (χ0v) is 13.1. The standard InChI is InChI=1S/C17H18F3N3O/c1-2-21-17(22-9-11-3-6-16(24)15(20)7-11)23-10-12-8-13(18)4-5-14(12)19/h3-8,24H,2,9-10H2,1H3,(H2,21,22,23). The normalized spacial score (nSPS) is 11.4. The Bertz CT molecular complexity index is 735. The fraction of sp³-hybridized carbons (Fsp3) is 0.235. The summed E-state index contributed by atoms with van der Waals surface area (Å²) in [6, 6.07) is 7.23. The number of phenolic OH excluding ortho intramolecular Hbond substituents is 1. The Labute approximate surface area is 138 Å². The van der Waals surface area contributed by atoms with Gasteiger partial charge in [-0.2, -0.15) is 0 Å². The summed E-state index contributed by atoms with van der Waals surface area (Å²) in [5, 5.41) is 15.0. The predicted octanol–water partition coefficient (Wildman–Crippen LogP) is 3.06. The van der Waals surface area contributed by atoms with Crippen molar-refractivity contribution in [2.45, 2.75) is 20.0 Å². The number of nitrogens with zero attached hydrogens (tertiary/aromatic N) is 1. The lowest BCUT2D eigenvalue weighted by atomic mass is 10.2. The van der Waals surface area contributed by atoms with Gasteiger partial charge in [0.2, 0.25) is 0 Å². The van der Waals surface area contributed by atoms with Gasteiger partial charge in [-0.15, -0.1) is 0 Å². The molecular formula is C17H18F3N3O. The number of hydrogen-bond donors (Lipinski definition) is 3. The second-order valence-electron chi connectivity index (χ2n) is 5.07. The first-order chi connectivity index (χ1) is 11.5. The molecule has 2 aromatic carbocycles. The van der Waals surface area contributed by atoms with Crippen molar-refractivity contribution in [1.29, 1.82) is 0 Å². The molecule has 7 heteroatoms. The van der Waals surface area contributed by atoms with Crippen molar-refractivity contribution in [2.75, 3.05) is 6.54 Å². The van der Waals surface area contributed by atoms with Crippen molar-refractivity contribution in [3.63, 3.8) is 0 Å². The summed E-state index contributed by atoms with van der Waals surface area (Å²) < 4.78 is 40.1. The van der Waals surface area contributed by atoms with E-state index in [0.29, 0.717) is 18.1 Å². The molecule has 3 N–H and O–H groups in total. The van der Waals surface area contributed by atoms with Gasteiger partial charge in [-0.25, -0.2) is 18.2 Å². The van der Waals surface area contributed by atoms with Crippen LogP contribution < -0.4 is 10.6 Å². The largest absolute Gasteiger partial charge is 0.505 e. The fourth-order valence-electron chi connectivity index (χ4n) is 2.02. The van der Waals surface area contributed by atoms with Crippen LogP contribution in [0.15, 0.2) is 41.4 Å². The monoisotopic (exact) mass is 337 g/mol. The summed E-state index contributed by atoms with van der Waals surface area (Å²) in [6.07, 6.45) is 0. The Morgan fingerprint density at radius 3 is 2.54 bits per heavy atom. The molecule has 0 spiro atoms. The highest BCUT2D eigenvalue weighted by atomic mass is 19.1. The predicted molar refractivity (Wildman–Crippen MR) is 86.1 cm³/mol. The smallest absolute Gasteiger partial charge is 0.191 e. The second kappa shape index (κ2) is 8.24. The molecule has 0 aromatic heterocycles. The van der Waals surface area contributed by atoms with Gasteiger partial charge in [0.15, 0.2) is 17.5 Å². The minimum Gasteiger partial charge on any atom is -0.505 e. The molecule has 24 heavy (non-hydrogen) atoms. The summed E-state index contributed by atoms with van der Waals surface area (Å²) in [7, 11) is 0. The number of halogens is 3. The van der Waals surface area contributed by atoms with Crippen LogP contribution in [-0.2, 0) is 13.1 Å². The maximum Gasteiger partial charge on any atom is 0.191 e. The summed E-state index contributed by atoms with van der Waals surface area (Å²) in [5.74, 6) is -1.79. The van der Waals surface area contributed by atoms with E-state index in [1.54, 1.807) is 6.07 Å². The lowest BCUT2D eigenvalue weighted by Gasteiger charge is -2.12. The lowest BCUT2D eigenvalue weighted by molar-refractivity contribution is 0.432. The van der Waals surface area contributed by atoms with Gasteiger partial charge >= 0.3 is 0 Å². The highest BCUT2D eigenvalue weighted by molar-refractivity contribution is 5.79. The molecule has 0 amide bonds. The molecule has 0 fully saturated rings. The molecule has 0 saturated heterocycles. The molecule has 2 rings (SSSR count).